The second kappa shape index (κ2) is 7.39. The van der Waals surface area contributed by atoms with E-state index in [0.29, 0.717) is 0 Å². The monoisotopic (exact) mass is 416 g/mol. The first kappa shape index (κ1) is 18.4. The van der Waals surface area contributed by atoms with Crippen molar-refractivity contribution < 1.29 is 4.74 Å². The van der Waals surface area contributed by atoms with E-state index in [1.165, 1.54) is 10.8 Å². The Morgan fingerprint density at radius 2 is 1.53 bits per heavy atom. The van der Waals surface area contributed by atoms with Gasteiger partial charge < -0.3 is 9.30 Å². The Bertz CT molecular complexity index is 1560. The second-order valence-electron chi connectivity index (χ2n) is 7.71. The molecule has 154 valence electrons. The van der Waals surface area contributed by atoms with Gasteiger partial charge in [-0.3, -0.25) is 4.57 Å². The molecule has 0 aliphatic carbocycles. The number of hydrogen-bond donors (Lipinski definition) is 0. The lowest BCUT2D eigenvalue weighted by Crippen LogP contribution is -1.96. The summed E-state index contributed by atoms with van der Waals surface area (Å²) in [6.07, 6.45) is 5.56. The van der Waals surface area contributed by atoms with Crippen molar-refractivity contribution in [2.24, 2.45) is 7.05 Å². The minimum Gasteiger partial charge on any atom is -0.457 e. The van der Waals surface area contributed by atoms with Gasteiger partial charge in [0.05, 0.1) is 11.0 Å². The van der Waals surface area contributed by atoms with E-state index in [1.54, 1.807) is 6.20 Å². The summed E-state index contributed by atoms with van der Waals surface area (Å²) in [7, 11) is 1.99. The van der Waals surface area contributed by atoms with Gasteiger partial charge in [-0.1, -0.05) is 36.4 Å². The summed E-state index contributed by atoms with van der Waals surface area (Å²) in [5, 5.41) is 2.36. The molecule has 0 N–H and O–H groups in total. The van der Waals surface area contributed by atoms with Crippen LogP contribution in [0.5, 0.6) is 11.5 Å². The fourth-order valence-electron chi connectivity index (χ4n) is 4.23. The van der Waals surface area contributed by atoms with Gasteiger partial charge in [0.2, 0.25) is 0 Å². The predicted molar refractivity (Wildman–Crippen MR) is 127 cm³/mol. The van der Waals surface area contributed by atoms with Crippen LogP contribution in [-0.2, 0) is 7.05 Å². The van der Waals surface area contributed by atoms with Gasteiger partial charge >= 0.3 is 0 Å². The number of ether oxygens (including phenoxy) is 1. The summed E-state index contributed by atoms with van der Waals surface area (Å²) < 4.78 is 10.5. The van der Waals surface area contributed by atoms with Gasteiger partial charge in [0.1, 0.15) is 23.1 Å². The van der Waals surface area contributed by atoms with E-state index in [2.05, 4.69) is 50.9 Å². The molecule has 0 atom stereocenters. The Kier molecular flexibility index (Phi) is 4.25. The Hall–Kier alpha value is -4.38. The zero-order valence-electron chi connectivity index (χ0n) is 17.5. The van der Waals surface area contributed by atoms with E-state index in [4.69, 9.17) is 4.74 Å². The number of nitrogens with zero attached hydrogens (tertiary/aromatic N) is 4. The van der Waals surface area contributed by atoms with Crippen molar-refractivity contribution in [1.82, 2.24) is 19.1 Å². The Balaban J connectivity index is 1.47. The van der Waals surface area contributed by atoms with Gasteiger partial charge in [-0.2, -0.15) is 0 Å². The first-order valence-corrected chi connectivity index (χ1v) is 10.5. The van der Waals surface area contributed by atoms with E-state index in [1.807, 2.05) is 72.5 Å². The molecule has 5 heteroatoms. The number of aryl methyl sites for hydroxylation is 1. The van der Waals surface area contributed by atoms with Crippen LogP contribution in [0.15, 0.2) is 104 Å². The van der Waals surface area contributed by atoms with E-state index in [0.717, 1.165) is 39.7 Å². The molecule has 32 heavy (non-hydrogen) atoms. The number of rotatable bonds is 4. The molecular weight excluding hydrogens is 396 g/mol. The summed E-state index contributed by atoms with van der Waals surface area (Å²) in [5.74, 6) is 3.33. The summed E-state index contributed by atoms with van der Waals surface area (Å²) in [6, 6.07) is 28.6. The molecule has 0 saturated heterocycles. The summed E-state index contributed by atoms with van der Waals surface area (Å²) >= 11 is 0. The third-order valence-electron chi connectivity index (χ3n) is 5.67. The van der Waals surface area contributed by atoms with Crippen molar-refractivity contribution in [3.63, 3.8) is 0 Å². The van der Waals surface area contributed by atoms with E-state index in [9.17, 15) is 0 Å². The predicted octanol–water partition coefficient (Wildman–Crippen LogP) is 6.37. The Morgan fingerprint density at radius 1 is 0.688 bits per heavy atom. The largest absolute Gasteiger partial charge is 0.457 e. The summed E-state index contributed by atoms with van der Waals surface area (Å²) in [6.45, 7) is 0. The van der Waals surface area contributed by atoms with Crippen molar-refractivity contribution in [2.75, 3.05) is 0 Å². The normalized spacial score (nSPS) is 11.3. The maximum absolute atomic E-state index is 6.28. The third kappa shape index (κ3) is 3.03. The quantitative estimate of drug-likeness (QED) is 0.335. The fourth-order valence-corrected chi connectivity index (χ4v) is 4.23. The van der Waals surface area contributed by atoms with E-state index < -0.39 is 0 Å². The lowest BCUT2D eigenvalue weighted by atomic mass is 10.1. The van der Waals surface area contributed by atoms with E-state index in [-0.39, 0.29) is 0 Å². The number of aromatic nitrogens is 4. The maximum atomic E-state index is 6.28. The number of pyridine rings is 1. The van der Waals surface area contributed by atoms with Crippen LogP contribution in [0, 0.1) is 0 Å². The average molecular weight is 416 g/mol. The summed E-state index contributed by atoms with van der Waals surface area (Å²) in [5.41, 5.74) is 3.19. The lowest BCUT2D eigenvalue weighted by molar-refractivity contribution is 0.483. The van der Waals surface area contributed by atoms with Crippen LogP contribution in [0.1, 0.15) is 0 Å². The Labute approximate surface area is 185 Å². The molecule has 3 aromatic carbocycles. The standard InChI is InChI=1S/C27H20N4O/c1-30-16-15-29-27(30)19-7-6-8-20(17-19)32-21-12-13-23-22-9-2-3-10-24(22)31(25(23)18-21)26-11-4-5-14-28-26/h2-18H,1H3. The number of imidazole rings is 1. The van der Waals surface area contributed by atoms with Crippen LogP contribution in [0.4, 0.5) is 0 Å². The van der Waals surface area contributed by atoms with Gasteiger partial charge in [-0.25, -0.2) is 9.97 Å². The molecule has 0 spiro atoms. The zero-order valence-corrected chi connectivity index (χ0v) is 17.5. The second-order valence-corrected chi connectivity index (χ2v) is 7.71. The molecule has 5 nitrogen and oxygen atoms in total. The molecule has 0 aliphatic heterocycles. The molecule has 6 rings (SSSR count). The van der Waals surface area contributed by atoms with Crippen LogP contribution < -0.4 is 4.74 Å². The molecule has 3 heterocycles. The van der Waals surface area contributed by atoms with Crippen molar-refractivity contribution in [2.45, 2.75) is 0 Å². The van der Waals surface area contributed by atoms with Crippen molar-refractivity contribution in [1.29, 1.82) is 0 Å². The Morgan fingerprint density at radius 3 is 2.38 bits per heavy atom. The maximum Gasteiger partial charge on any atom is 0.139 e. The molecule has 6 aromatic rings. The zero-order chi connectivity index (χ0) is 21.5. The highest BCUT2D eigenvalue weighted by Gasteiger charge is 2.14. The van der Waals surface area contributed by atoms with Gasteiger partial charge in [0.15, 0.2) is 0 Å². The number of hydrogen-bond acceptors (Lipinski definition) is 3. The minimum atomic E-state index is 0.769. The highest BCUT2D eigenvalue weighted by atomic mass is 16.5. The van der Waals surface area contributed by atoms with Gasteiger partial charge in [-0.05, 0) is 42.5 Å². The van der Waals surface area contributed by atoms with Crippen molar-refractivity contribution >= 4 is 21.8 Å². The highest BCUT2D eigenvalue weighted by molar-refractivity contribution is 6.09. The molecular formula is C27H20N4O. The highest BCUT2D eigenvalue weighted by Crippen LogP contribution is 2.35. The number of para-hydroxylation sites is 1. The van der Waals surface area contributed by atoms with Gasteiger partial charge in [-0.15, -0.1) is 0 Å². The fraction of sp³-hybridized carbons (Fsp3) is 0.0370. The van der Waals surface area contributed by atoms with E-state index >= 15 is 0 Å². The van der Waals surface area contributed by atoms with Crippen LogP contribution in [0.3, 0.4) is 0 Å². The summed E-state index contributed by atoms with van der Waals surface area (Å²) in [4.78, 5) is 9.04. The third-order valence-corrected chi connectivity index (χ3v) is 5.67. The topological polar surface area (TPSA) is 44.9 Å². The van der Waals surface area contributed by atoms with Crippen LogP contribution in [0.2, 0.25) is 0 Å². The first-order chi connectivity index (χ1) is 15.8. The van der Waals surface area contributed by atoms with Gasteiger partial charge in [0, 0.05) is 48.0 Å². The molecule has 0 aliphatic rings. The molecule has 0 saturated carbocycles. The molecule has 0 bridgehead atoms. The van der Waals surface area contributed by atoms with Crippen LogP contribution in [-0.4, -0.2) is 19.1 Å². The molecule has 0 radical (unpaired) electrons. The van der Waals surface area contributed by atoms with Gasteiger partial charge in [0.25, 0.3) is 0 Å². The molecule has 3 aromatic heterocycles. The SMILES string of the molecule is Cn1ccnc1-c1cccc(Oc2ccc3c4ccccc4n(-c4ccccn4)c3c2)c1. The van der Waals surface area contributed by atoms with Crippen molar-refractivity contribution in [3.8, 4) is 28.7 Å². The molecule has 0 unspecified atom stereocenters. The molecule has 0 amide bonds. The van der Waals surface area contributed by atoms with Crippen molar-refractivity contribution in [3.05, 3.63) is 104 Å². The minimum absolute atomic E-state index is 0.769. The van der Waals surface area contributed by atoms with Crippen LogP contribution in [0.25, 0.3) is 39.0 Å². The van der Waals surface area contributed by atoms with Crippen LogP contribution >= 0.6 is 0 Å². The lowest BCUT2D eigenvalue weighted by Gasteiger charge is -2.10. The number of benzene rings is 3. The number of fused-ring (bicyclic) bond motifs is 3. The smallest absolute Gasteiger partial charge is 0.139 e. The molecule has 0 fully saturated rings. The first-order valence-electron chi connectivity index (χ1n) is 10.5. The average Bonchev–Trinajstić information content (AvgIpc) is 3.40.